The van der Waals surface area contributed by atoms with Gasteiger partial charge in [-0.15, -0.1) is 0 Å². The summed E-state index contributed by atoms with van der Waals surface area (Å²) in [6.07, 6.45) is 6.23. The fourth-order valence-corrected chi connectivity index (χ4v) is 2.82. The van der Waals surface area contributed by atoms with E-state index in [1.54, 1.807) is 6.07 Å². The molecule has 0 saturated carbocycles. The van der Waals surface area contributed by atoms with Gasteiger partial charge in [0.25, 0.3) is 0 Å². The quantitative estimate of drug-likeness (QED) is 0.831. The van der Waals surface area contributed by atoms with E-state index in [2.05, 4.69) is 11.8 Å². The van der Waals surface area contributed by atoms with Crippen molar-refractivity contribution in [2.45, 2.75) is 51.6 Å². The molecule has 1 aliphatic heterocycles. The van der Waals surface area contributed by atoms with Gasteiger partial charge in [0.15, 0.2) is 0 Å². The molecule has 0 amide bonds. The summed E-state index contributed by atoms with van der Waals surface area (Å²) in [5, 5.41) is 0. The van der Waals surface area contributed by atoms with Crippen molar-refractivity contribution in [3.8, 4) is 0 Å². The average Bonchev–Trinajstić information content (AvgIpc) is 2.57. The molecule has 0 aromatic heterocycles. The summed E-state index contributed by atoms with van der Waals surface area (Å²) in [6, 6.07) is 5.64. The minimum absolute atomic E-state index is 0.172. The zero-order chi connectivity index (χ0) is 13.0. The third kappa shape index (κ3) is 3.22. The number of anilines is 1. The van der Waals surface area contributed by atoms with Crippen molar-refractivity contribution in [1.82, 2.24) is 4.90 Å². The molecule has 0 aliphatic carbocycles. The lowest BCUT2D eigenvalue weighted by atomic mass is 10.1. The molecule has 1 aromatic carbocycles. The summed E-state index contributed by atoms with van der Waals surface area (Å²) in [6.45, 7) is 4.02. The Bertz CT molecular complexity index is 392. The average molecular weight is 250 g/mol. The van der Waals surface area contributed by atoms with Crippen molar-refractivity contribution in [2.24, 2.45) is 0 Å². The number of hydrogen-bond donors (Lipinski definition) is 1. The van der Waals surface area contributed by atoms with Crippen LogP contribution in [0, 0.1) is 5.82 Å². The summed E-state index contributed by atoms with van der Waals surface area (Å²) >= 11 is 0. The molecule has 1 atom stereocenters. The number of halogens is 1. The Balaban J connectivity index is 2.10. The van der Waals surface area contributed by atoms with E-state index < -0.39 is 0 Å². The van der Waals surface area contributed by atoms with Crippen molar-refractivity contribution >= 4 is 5.69 Å². The van der Waals surface area contributed by atoms with E-state index in [1.165, 1.54) is 31.7 Å². The van der Waals surface area contributed by atoms with Crippen molar-refractivity contribution in [2.75, 3.05) is 12.3 Å². The van der Waals surface area contributed by atoms with Gasteiger partial charge in [-0.2, -0.15) is 0 Å². The summed E-state index contributed by atoms with van der Waals surface area (Å²) < 4.78 is 13.8. The second kappa shape index (κ2) is 6.19. The molecule has 2 N–H and O–H groups in total. The lowest BCUT2D eigenvalue weighted by Gasteiger charge is -2.29. The number of hydrogen-bond acceptors (Lipinski definition) is 2. The van der Waals surface area contributed by atoms with Gasteiger partial charge >= 0.3 is 0 Å². The lowest BCUT2D eigenvalue weighted by Crippen LogP contribution is -2.34. The van der Waals surface area contributed by atoms with Crippen molar-refractivity contribution in [3.63, 3.8) is 0 Å². The SMILES string of the molecule is CCC1CCCCCN1Cc1ccc(N)cc1F. The van der Waals surface area contributed by atoms with Gasteiger partial charge in [-0.05, 0) is 37.9 Å². The van der Waals surface area contributed by atoms with Gasteiger partial charge in [0.1, 0.15) is 5.82 Å². The number of likely N-dealkylation sites (tertiary alicyclic amines) is 1. The Labute approximate surface area is 109 Å². The highest BCUT2D eigenvalue weighted by Crippen LogP contribution is 2.22. The lowest BCUT2D eigenvalue weighted by molar-refractivity contribution is 0.184. The molecule has 1 aromatic rings. The van der Waals surface area contributed by atoms with Gasteiger partial charge in [0, 0.05) is 23.8 Å². The zero-order valence-corrected chi connectivity index (χ0v) is 11.2. The minimum atomic E-state index is -0.172. The van der Waals surface area contributed by atoms with Gasteiger partial charge in [0.2, 0.25) is 0 Å². The molecule has 0 spiro atoms. The van der Waals surface area contributed by atoms with E-state index in [1.807, 2.05) is 6.07 Å². The van der Waals surface area contributed by atoms with E-state index in [-0.39, 0.29) is 5.82 Å². The molecule has 100 valence electrons. The number of benzene rings is 1. The first kappa shape index (κ1) is 13.3. The second-order valence-corrected chi connectivity index (χ2v) is 5.23. The predicted molar refractivity (Wildman–Crippen MR) is 73.8 cm³/mol. The summed E-state index contributed by atoms with van der Waals surface area (Å²) in [7, 11) is 0. The Hall–Kier alpha value is -1.09. The molecule has 2 rings (SSSR count). The highest BCUT2D eigenvalue weighted by Gasteiger charge is 2.20. The fraction of sp³-hybridized carbons (Fsp3) is 0.600. The Morgan fingerprint density at radius 2 is 2.17 bits per heavy atom. The molecular formula is C15H23FN2. The maximum Gasteiger partial charge on any atom is 0.129 e. The van der Waals surface area contributed by atoms with Gasteiger partial charge in [-0.1, -0.05) is 25.8 Å². The van der Waals surface area contributed by atoms with Crippen LogP contribution < -0.4 is 5.73 Å². The van der Waals surface area contributed by atoms with Crippen molar-refractivity contribution < 1.29 is 4.39 Å². The Kier molecular flexibility index (Phi) is 4.59. The van der Waals surface area contributed by atoms with Crippen LogP contribution in [0.3, 0.4) is 0 Å². The van der Waals surface area contributed by atoms with Crippen LogP contribution in [0.15, 0.2) is 18.2 Å². The predicted octanol–water partition coefficient (Wildman–Crippen LogP) is 3.56. The normalized spacial score (nSPS) is 21.8. The summed E-state index contributed by atoms with van der Waals surface area (Å²) in [5.41, 5.74) is 6.85. The third-order valence-electron chi connectivity index (χ3n) is 3.92. The number of nitrogens with two attached hydrogens (primary N) is 1. The van der Waals surface area contributed by atoms with E-state index in [0.717, 1.165) is 18.5 Å². The molecular weight excluding hydrogens is 227 g/mol. The van der Waals surface area contributed by atoms with Crippen molar-refractivity contribution in [1.29, 1.82) is 0 Å². The summed E-state index contributed by atoms with van der Waals surface area (Å²) in [5.74, 6) is -0.172. The summed E-state index contributed by atoms with van der Waals surface area (Å²) in [4.78, 5) is 2.43. The van der Waals surface area contributed by atoms with E-state index in [0.29, 0.717) is 18.3 Å². The van der Waals surface area contributed by atoms with Gasteiger partial charge < -0.3 is 5.73 Å². The maximum atomic E-state index is 13.8. The molecule has 1 saturated heterocycles. The van der Waals surface area contributed by atoms with E-state index >= 15 is 0 Å². The molecule has 3 heteroatoms. The molecule has 18 heavy (non-hydrogen) atoms. The van der Waals surface area contributed by atoms with Gasteiger partial charge in [-0.3, -0.25) is 4.90 Å². The Morgan fingerprint density at radius 3 is 2.89 bits per heavy atom. The number of nitrogens with zero attached hydrogens (tertiary/aromatic N) is 1. The molecule has 2 nitrogen and oxygen atoms in total. The number of nitrogen functional groups attached to an aromatic ring is 1. The van der Waals surface area contributed by atoms with Crippen LogP contribution >= 0.6 is 0 Å². The largest absolute Gasteiger partial charge is 0.399 e. The molecule has 0 bridgehead atoms. The molecule has 1 heterocycles. The van der Waals surface area contributed by atoms with Crippen LogP contribution in [-0.2, 0) is 6.54 Å². The first-order chi connectivity index (χ1) is 8.70. The highest BCUT2D eigenvalue weighted by atomic mass is 19.1. The van der Waals surface area contributed by atoms with E-state index in [4.69, 9.17) is 5.73 Å². The number of rotatable bonds is 3. The standard InChI is InChI=1S/C15H23FN2/c1-2-14-6-4-3-5-9-18(14)11-12-7-8-13(17)10-15(12)16/h7-8,10,14H,2-6,9,11,17H2,1H3. The molecule has 1 unspecified atom stereocenters. The maximum absolute atomic E-state index is 13.8. The topological polar surface area (TPSA) is 29.3 Å². The van der Waals surface area contributed by atoms with Crippen LogP contribution in [0.5, 0.6) is 0 Å². The van der Waals surface area contributed by atoms with Crippen LogP contribution in [0.25, 0.3) is 0 Å². The molecule has 0 radical (unpaired) electrons. The first-order valence-corrected chi connectivity index (χ1v) is 6.98. The first-order valence-electron chi connectivity index (χ1n) is 6.98. The third-order valence-corrected chi connectivity index (χ3v) is 3.92. The van der Waals surface area contributed by atoms with Crippen LogP contribution in [0.1, 0.15) is 44.6 Å². The molecule has 1 aliphatic rings. The van der Waals surface area contributed by atoms with E-state index in [9.17, 15) is 4.39 Å². The Morgan fingerprint density at radius 1 is 1.33 bits per heavy atom. The highest BCUT2D eigenvalue weighted by molar-refractivity contribution is 5.40. The van der Waals surface area contributed by atoms with Crippen LogP contribution in [-0.4, -0.2) is 17.5 Å². The van der Waals surface area contributed by atoms with Crippen LogP contribution in [0.4, 0.5) is 10.1 Å². The second-order valence-electron chi connectivity index (χ2n) is 5.23. The monoisotopic (exact) mass is 250 g/mol. The van der Waals surface area contributed by atoms with Crippen molar-refractivity contribution in [3.05, 3.63) is 29.6 Å². The van der Waals surface area contributed by atoms with Crippen LogP contribution in [0.2, 0.25) is 0 Å². The fourth-order valence-electron chi connectivity index (χ4n) is 2.82. The zero-order valence-electron chi connectivity index (χ0n) is 11.2. The van der Waals surface area contributed by atoms with Gasteiger partial charge in [0.05, 0.1) is 0 Å². The van der Waals surface area contributed by atoms with Gasteiger partial charge in [-0.25, -0.2) is 4.39 Å². The minimum Gasteiger partial charge on any atom is -0.399 e. The molecule has 1 fully saturated rings. The smallest absolute Gasteiger partial charge is 0.129 e.